The van der Waals surface area contributed by atoms with Gasteiger partial charge in [-0.05, 0) is 79.8 Å². The van der Waals surface area contributed by atoms with Crippen molar-refractivity contribution in [1.82, 2.24) is 19.9 Å². The van der Waals surface area contributed by atoms with Gasteiger partial charge in [-0.15, -0.1) is 0 Å². The summed E-state index contributed by atoms with van der Waals surface area (Å²) < 4.78 is 7.81. The summed E-state index contributed by atoms with van der Waals surface area (Å²) in [4.78, 5) is 11.0. The number of anilines is 1. The molecule has 1 saturated heterocycles. The Bertz CT molecular complexity index is 1190. The molecule has 0 spiro atoms. The van der Waals surface area contributed by atoms with Crippen molar-refractivity contribution < 1.29 is 4.74 Å². The molecule has 4 aromatic rings. The van der Waals surface area contributed by atoms with Crippen LogP contribution in [0.25, 0.3) is 5.69 Å². The zero-order valence-electron chi connectivity index (χ0n) is 17.6. The van der Waals surface area contributed by atoms with Crippen LogP contribution < -0.4 is 15.0 Å². The smallest absolute Gasteiger partial charge is 0.174 e. The summed E-state index contributed by atoms with van der Waals surface area (Å²) in [5.74, 6) is 0.840. The molecular formula is C25H23N5OS. The summed E-state index contributed by atoms with van der Waals surface area (Å²) in [6.07, 6.45) is 7.49. The van der Waals surface area contributed by atoms with Crippen LogP contribution >= 0.6 is 12.2 Å². The van der Waals surface area contributed by atoms with Crippen LogP contribution in [0.2, 0.25) is 0 Å². The highest BCUT2D eigenvalue weighted by molar-refractivity contribution is 7.80. The van der Waals surface area contributed by atoms with Crippen LogP contribution in [0, 0.1) is 0 Å². The fourth-order valence-corrected chi connectivity index (χ4v) is 4.52. The van der Waals surface area contributed by atoms with Gasteiger partial charge in [-0.2, -0.15) is 0 Å². The van der Waals surface area contributed by atoms with Crippen molar-refractivity contribution in [2.24, 2.45) is 0 Å². The molecule has 2 unspecified atom stereocenters. The standard InChI is InChI=1S/C25H23N5OS/c1-2-31-20-10-8-19(9-11-20)30-24(23(28-25(30)32)21-6-3-4-14-27-21)22-7-5-17-29(22)18-12-15-26-16-13-18/h3-17,23-24H,2H2,1H3,(H,28,32). The summed E-state index contributed by atoms with van der Waals surface area (Å²) in [5, 5.41) is 4.18. The fraction of sp³-hybridized carbons (Fsp3) is 0.160. The topological polar surface area (TPSA) is 55.2 Å². The van der Waals surface area contributed by atoms with Gasteiger partial charge in [0.15, 0.2) is 5.11 Å². The van der Waals surface area contributed by atoms with Crippen LogP contribution in [0.15, 0.2) is 91.5 Å². The molecule has 32 heavy (non-hydrogen) atoms. The SMILES string of the molecule is CCOc1ccc(N2C(=S)NC(c3ccccn3)C2c2cccn2-c2ccncc2)cc1. The van der Waals surface area contributed by atoms with E-state index < -0.39 is 0 Å². The van der Waals surface area contributed by atoms with E-state index in [4.69, 9.17) is 17.0 Å². The first-order chi connectivity index (χ1) is 15.8. The first-order valence-corrected chi connectivity index (χ1v) is 11.0. The van der Waals surface area contributed by atoms with Crippen molar-refractivity contribution >= 4 is 23.0 Å². The van der Waals surface area contributed by atoms with Gasteiger partial charge in [-0.3, -0.25) is 9.97 Å². The predicted octanol–water partition coefficient (Wildman–Crippen LogP) is 4.84. The third-order valence-corrected chi connectivity index (χ3v) is 5.86. The summed E-state index contributed by atoms with van der Waals surface area (Å²) in [6.45, 7) is 2.61. The van der Waals surface area contributed by atoms with Crippen molar-refractivity contribution in [3.8, 4) is 11.4 Å². The predicted molar refractivity (Wildman–Crippen MR) is 129 cm³/mol. The van der Waals surface area contributed by atoms with Crippen molar-refractivity contribution in [2.45, 2.75) is 19.0 Å². The number of hydrogen-bond acceptors (Lipinski definition) is 4. The quantitative estimate of drug-likeness (QED) is 0.432. The number of benzene rings is 1. The fourth-order valence-electron chi connectivity index (χ4n) is 4.18. The molecule has 1 fully saturated rings. The maximum atomic E-state index is 5.83. The Balaban J connectivity index is 1.62. The highest BCUT2D eigenvalue weighted by Gasteiger charge is 2.42. The average Bonchev–Trinajstić information content (AvgIpc) is 3.45. The van der Waals surface area contributed by atoms with Crippen molar-refractivity contribution in [2.75, 3.05) is 11.5 Å². The Morgan fingerprint density at radius 2 is 1.75 bits per heavy atom. The average molecular weight is 442 g/mol. The van der Waals surface area contributed by atoms with Crippen LogP contribution in [0.1, 0.15) is 30.4 Å². The number of ether oxygens (including phenoxy) is 1. The van der Waals surface area contributed by atoms with E-state index in [0.717, 1.165) is 28.5 Å². The Morgan fingerprint density at radius 3 is 2.47 bits per heavy atom. The lowest BCUT2D eigenvalue weighted by atomic mass is 10.0. The Labute approximate surface area is 192 Å². The molecule has 7 heteroatoms. The Morgan fingerprint density at radius 1 is 0.938 bits per heavy atom. The number of thiocarbonyl (C=S) groups is 1. The lowest BCUT2D eigenvalue weighted by Gasteiger charge is -2.29. The van der Waals surface area contributed by atoms with E-state index in [-0.39, 0.29) is 12.1 Å². The highest BCUT2D eigenvalue weighted by Crippen LogP contribution is 2.42. The van der Waals surface area contributed by atoms with Gasteiger partial charge < -0.3 is 19.5 Å². The molecule has 2 atom stereocenters. The normalized spacial score (nSPS) is 17.9. The summed E-state index contributed by atoms with van der Waals surface area (Å²) in [6, 6.07) is 22.0. The number of aromatic nitrogens is 3. The second-order valence-electron chi connectivity index (χ2n) is 7.43. The largest absolute Gasteiger partial charge is 0.494 e. The third-order valence-electron chi connectivity index (χ3n) is 5.55. The molecule has 0 aliphatic carbocycles. The lowest BCUT2D eigenvalue weighted by molar-refractivity contribution is 0.340. The molecule has 160 valence electrons. The van der Waals surface area contributed by atoms with Gasteiger partial charge in [0.25, 0.3) is 0 Å². The number of nitrogens with zero attached hydrogens (tertiary/aromatic N) is 4. The molecule has 0 bridgehead atoms. The molecule has 6 nitrogen and oxygen atoms in total. The maximum absolute atomic E-state index is 5.83. The van der Waals surface area contributed by atoms with E-state index in [9.17, 15) is 0 Å². The van der Waals surface area contributed by atoms with Gasteiger partial charge in [-0.1, -0.05) is 6.07 Å². The molecule has 4 heterocycles. The van der Waals surface area contributed by atoms with Gasteiger partial charge in [-0.25, -0.2) is 0 Å². The molecule has 5 rings (SSSR count). The van der Waals surface area contributed by atoms with Crippen LogP contribution in [0.3, 0.4) is 0 Å². The first kappa shape index (κ1) is 20.2. The van der Waals surface area contributed by atoms with Gasteiger partial charge in [0.1, 0.15) is 11.8 Å². The van der Waals surface area contributed by atoms with E-state index >= 15 is 0 Å². The van der Waals surface area contributed by atoms with Gasteiger partial charge >= 0.3 is 0 Å². The van der Waals surface area contributed by atoms with Crippen LogP contribution in [0.4, 0.5) is 5.69 Å². The number of rotatable bonds is 6. The highest BCUT2D eigenvalue weighted by atomic mass is 32.1. The van der Waals surface area contributed by atoms with Gasteiger partial charge in [0.05, 0.1) is 18.3 Å². The molecule has 3 aromatic heterocycles. The zero-order valence-corrected chi connectivity index (χ0v) is 18.4. The molecule has 1 aliphatic heterocycles. The number of pyridine rings is 2. The van der Waals surface area contributed by atoms with Crippen molar-refractivity contribution in [3.05, 3.63) is 103 Å². The lowest BCUT2D eigenvalue weighted by Crippen LogP contribution is -2.30. The molecule has 0 amide bonds. The number of nitrogens with one attached hydrogen (secondary N) is 1. The monoisotopic (exact) mass is 441 g/mol. The number of hydrogen-bond donors (Lipinski definition) is 1. The molecule has 0 saturated carbocycles. The van der Waals surface area contributed by atoms with E-state index in [1.807, 2.05) is 67.7 Å². The second-order valence-corrected chi connectivity index (χ2v) is 7.82. The van der Waals surface area contributed by atoms with Crippen molar-refractivity contribution in [1.29, 1.82) is 0 Å². The second kappa shape index (κ2) is 8.80. The van der Waals surface area contributed by atoms with Crippen molar-refractivity contribution in [3.63, 3.8) is 0 Å². The molecule has 1 N–H and O–H groups in total. The maximum Gasteiger partial charge on any atom is 0.174 e. The van der Waals surface area contributed by atoms with Crippen LogP contribution in [-0.4, -0.2) is 26.3 Å². The summed E-state index contributed by atoms with van der Waals surface area (Å²) >= 11 is 5.83. The van der Waals surface area contributed by atoms with Gasteiger partial charge in [0.2, 0.25) is 0 Å². The third kappa shape index (κ3) is 3.71. The minimum absolute atomic E-state index is 0.0986. The van der Waals surface area contributed by atoms with E-state index in [1.165, 1.54) is 0 Å². The summed E-state index contributed by atoms with van der Waals surface area (Å²) in [5.41, 5.74) is 4.09. The van der Waals surface area contributed by atoms with E-state index in [2.05, 4.69) is 43.1 Å². The first-order valence-electron chi connectivity index (χ1n) is 10.6. The minimum atomic E-state index is -0.106. The van der Waals surface area contributed by atoms with E-state index in [0.29, 0.717) is 11.7 Å². The minimum Gasteiger partial charge on any atom is -0.494 e. The van der Waals surface area contributed by atoms with Gasteiger partial charge in [0, 0.05) is 41.9 Å². The zero-order chi connectivity index (χ0) is 21.9. The van der Waals surface area contributed by atoms with Crippen LogP contribution in [0.5, 0.6) is 5.75 Å². The summed E-state index contributed by atoms with van der Waals surface area (Å²) in [7, 11) is 0. The van der Waals surface area contributed by atoms with E-state index in [1.54, 1.807) is 12.4 Å². The molecule has 1 aliphatic rings. The van der Waals surface area contributed by atoms with Crippen LogP contribution in [-0.2, 0) is 0 Å². The molecule has 1 aromatic carbocycles. The molecule has 0 radical (unpaired) electrons. The Kier molecular flexibility index (Phi) is 5.56. The molecular weight excluding hydrogens is 418 g/mol. The Hall–Kier alpha value is -3.71.